The summed E-state index contributed by atoms with van der Waals surface area (Å²) in [4.78, 5) is 14.1. The van der Waals surface area contributed by atoms with E-state index in [9.17, 15) is 4.79 Å². The SMILES string of the molecule is O=C(OCc1ccccc1)N1CCCC[C@H]1c1ccco1. The summed E-state index contributed by atoms with van der Waals surface area (Å²) in [6, 6.07) is 13.5. The number of furan rings is 1. The third-order valence-electron chi connectivity index (χ3n) is 3.81. The quantitative estimate of drug-likeness (QED) is 0.851. The fraction of sp³-hybridized carbons (Fsp3) is 0.353. The highest BCUT2D eigenvalue weighted by Gasteiger charge is 2.30. The van der Waals surface area contributed by atoms with Crippen LogP contribution in [0.4, 0.5) is 4.79 Å². The van der Waals surface area contributed by atoms with Crippen LogP contribution in [0.15, 0.2) is 53.1 Å². The van der Waals surface area contributed by atoms with Gasteiger partial charge < -0.3 is 9.15 Å². The van der Waals surface area contributed by atoms with E-state index in [1.165, 1.54) is 0 Å². The third kappa shape index (κ3) is 3.27. The zero-order chi connectivity index (χ0) is 14.5. The maximum atomic E-state index is 12.3. The van der Waals surface area contributed by atoms with Crippen LogP contribution in [0, 0.1) is 0 Å². The van der Waals surface area contributed by atoms with Gasteiger partial charge in [-0.15, -0.1) is 0 Å². The lowest BCUT2D eigenvalue weighted by Crippen LogP contribution is -2.38. The fourth-order valence-corrected chi connectivity index (χ4v) is 2.73. The van der Waals surface area contributed by atoms with Crippen molar-refractivity contribution in [3.63, 3.8) is 0 Å². The van der Waals surface area contributed by atoms with Gasteiger partial charge in [-0.25, -0.2) is 4.79 Å². The third-order valence-corrected chi connectivity index (χ3v) is 3.81. The van der Waals surface area contributed by atoms with Crippen molar-refractivity contribution in [3.8, 4) is 0 Å². The average Bonchev–Trinajstić information content (AvgIpc) is 3.08. The molecule has 1 atom stereocenters. The number of amides is 1. The molecule has 21 heavy (non-hydrogen) atoms. The molecular weight excluding hydrogens is 266 g/mol. The lowest BCUT2D eigenvalue weighted by atomic mass is 10.0. The van der Waals surface area contributed by atoms with Gasteiger partial charge in [-0.05, 0) is 37.0 Å². The average molecular weight is 285 g/mol. The molecule has 3 rings (SSSR count). The summed E-state index contributed by atoms with van der Waals surface area (Å²) in [6.07, 6.45) is 4.43. The van der Waals surface area contributed by atoms with Gasteiger partial charge in [0, 0.05) is 6.54 Å². The van der Waals surface area contributed by atoms with Crippen LogP contribution < -0.4 is 0 Å². The van der Waals surface area contributed by atoms with Crippen molar-refractivity contribution < 1.29 is 13.9 Å². The van der Waals surface area contributed by atoms with Crippen molar-refractivity contribution >= 4 is 6.09 Å². The molecule has 4 nitrogen and oxygen atoms in total. The second kappa shape index (κ2) is 6.48. The van der Waals surface area contributed by atoms with E-state index in [1.807, 2.05) is 42.5 Å². The summed E-state index contributed by atoms with van der Waals surface area (Å²) >= 11 is 0. The van der Waals surface area contributed by atoms with E-state index in [4.69, 9.17) is 9.15 Å². The maximum Gasteiger partial charge on any atom is 0.410 e. The summed E-state index contributed by atoms with van der Waals surface area (Å²) in [5.74, 6) is 0.839. The van der Waals surface area contributed by atoms with Crippen LogP contribution in [0.25, 0.3) is 0 Å². The first-order valence-electron chi connectivity index (χ1n) is 7.35. The standard InChI is InChI=1S/C17H19NO3/c19-17(21-13-14-7-2-1-3-8-14)18-11-5-4-9-15(18)16-10-6-12-20-16/h1-3,6-8,10,12,15H,4-5,9,11,13H2/t15-/m0/s1. The van der Waals surface area contributed by atoms with Gasteiger partial charge in [0.25, 0.3) is 0 Å². The number of benzene rings is 1. The van der Waals surface area contributed by atoms with Crippen molar-refractivity contribution in [2.45, 2.75) is 31.9 Å². The Balaban J connectivity index is 1.64. The second-order valence-electron chi connectivity index (χ2n) is 5.26. The van der Waals surface area contributed by atoms with E-state index < -0.39 is 0 Å². The molecule has 0 bridgehead atoms. The molecule has 4 heteroatoms. The molecule has 1 aromatic carbocycles. The molecule has 1 aliphatic heterocycles. The topological polar surface area (TPSA) is 42.7 Å². The smallest absolute Gasteiger partial charge is 0.410 e. The molecule has 2 aromatic rings. The normalized spacial score (nSPS) is 18.5. The van der Waals surface area contributed by atoms with Crippen LogP contribution >= 0.6 is 0 Å². The molecule has 1 saturated heterocycles. The predicted molar refractivity (Wildman–Crippen MR) is 78.6 cm³/mol. The van der Waals surface area contributed by atoms with E-state index in [1.54, 1.807) is 11.2 Å². The zero-order valence-electron chi connectivity index (χ0n) is 11.9. The number of rotatable bonds is 3. The Morgan fingerprint density at radius 2 is 2.05 bits per heavy atom. The van der Waals surface area contributed by atoms with Gasteiger partial charge in [0.15, 0.2) is 0 Å². The number of hydrogen-bond acceptors (Lipinski definition) is 3. The van der Waals surface area contributed by atoms with Crippen molar-refractivity contribution in [3.05, 3.63) is 60.1 Å². The number of piperidine rings is 1. The van der Waals surface area contributed by atoms with Gasteiger partial charge >= 0.3 is 6.09 Å². The zero-order valence-corrected chi connectivity index (χ0v) is 11.9. The summed E-state index contributed by atoms with van der Waals surface area (Å²) in [6.45, 7) is 1.03. The Morgan fingerprint density at radius 3 is 2.81 bits per heavy atom. The summed E-state index contributed by atoms with van der Waals surface area (Å²) in [7, 11) is 0. The highest BCUT2D eigenvalue weighted by atomic mass is 16.6. The number of likely N-dealkylation sites (tertiary alicyclic amines) is 1. The van der Waals surface area contributed by atoms with E-state index in [2.05, 4.69) is 0 Å². The first-order valence-corrected chi connectivity index (χ1v) is 7.35. The van der Waals surface area contributed by atoms with E-state index in [0.717, 1.165) is 37.1 Å². The highest BCUT2D eigenvalue weighted by Crippen LogP contribution is 2.31. The lowest BCUT2D eigenvalue weighted by Gasteiger charge is -2.33. The van der Waals surface area contributed by atoms with Crippen LogP contribution in [-0.2, 0) is 11.3 Å². The maximum absolute atomic E-state index is 12.3. The second-order valence-corrected chi connectivity index (χ2v) is 5.26. The summed E-state index contributed by atoms with van der Waals surface area (Å²) in [5.41, 5.74) is 0.998. The van der Waals surface area contributed by atoms with Gasteiger partial charge in [-0.3, -0.25) is 4.90 Å². The Bertz CT molecular complexity index is 565. The fourth-order valence-electron chi connectivity index (χ4n) is 2.73. The Morgan fingerprint density at radius 1 is 1.19 bits per heavy atom. The number of carbonyl (C=O) groups excluding carboxylic acids is 1. The lowest BCUT2D eigenvalue weighted by molar-refractivity contribution is 0.0624. The van der Waals surface area contributed by atoms with Crippen LogP contribution in [0.2, 0.25) is 0 Å². The minimum absolute atomic E-state index is 0.00276. The largest absolute Gasteiger partial charge is 0.467 e. The summed E-state index contributed by atoms with van der Waals surface area (Å²) < 4.78 is 10.9. The minimum atomic E-state index is -0.264. The van der Waals surface area contributed by atoms with Crippen molar-refractivity contribution in [1.82, 2.24) is 4.90 Å². The molecule has 0 radical (unpaired) electrons. The number of hydrogen-bond donors (Lipinski definition) is 0. The predicted octanol–water partition coefficient (Wildman–Crippen LogP) is 4.14. The van der Waals surface area contributed by atoms with E-state index >= 15 is 0 Å². The molecule has 0 N–H and O–H groups in total. The molecule has 0 spiro atoms. The molecule has 110 valence electrons. The Kier molecular flexibility index (Phi) is 4.24. The monoisotopic (exact) mass is 285 g/mol. The molecule has 0 unspecified atom stereocenters. The van der Waals surface area contributed by atoms with Crippen LogP contribution in [0.1, 0.15) is 36.6 Å². The van der Waals surface area contributed by atoms with Gasteiger partial charge in [0.1, 0.15) is 12.4 Å². The van der Waals surface area contributed by atoms with Crippen LogP contribution in [0.5, 0.6) is 0 Å². The molecule has 1 aliphatic rings. The molecule has 1 fully saturated rings. The van der Waals surface area contributed by atoms with E-state index in [0.29, 0.717) is 6.61 Å². The summed E-state index contributed by atoms with van der Waals surface area (Å²) in [5, 5.41) is 0. The van der Waals surface area contributed by atoms with Crippen molar-refractivity contribution in [2.75, 3.05) is 6.54 Å². The first-order chi connectivity index (χ1) is 10.3. The van der Waals surface area contributed by atoms with Crippen molar-refractivity contribution in [1.29, 1.82) is 0 Å². The van der Waals surface area contributed by atoms with Gasteiger partial charge in [0.2, 0.25) is 0 Å². The number of ether oxygens (including phenoxy) is 1. The Labute approximate surface area is 124 Å². The number of nitrogens with zero attached hydrogens (tertiary/aromatic N) is 1. The van der Waals surface area contributed by atoms with Gasteiger partial charge in [-0.1, -0.05) is 30.3 Å². The molecule has 2 heterocycles. The van der Waals surface area contributed by atoms with E-state index in [-0.39, 0.29) is 12.1 Å². The highest BCUT2D eigenvalue weighted by molar-refractivity contribution is 5.68. The first kappa shape index (κ1) is 13.7. The molecule has 0 saturated carbocycles. The molecule has 1 amide bonds. The number of carbonyl (C=O) groups is 1. The van der Waals surface area contributed by atoms with Crippen LogP contribution in [-0.4, -0.2) is 17.5 Å². The molecule has 1 aromatic heterocycles. The Hall–Kier alpha value is -2.23. The minimum Gasteiger partial charge on any atom is -0.467 e. The van der Waals surface area contributed by atoms with Crippen LogP contribution in [0.3, 0.4) is 0 Å². The van der Waals surface area contributed by atoms with Crippen molar-refractivity contribution in [2.24, 2.45) is 0 Å². The van der Waals surface area contributed by atoms with Gasteiger partial charge in [0.05, 0.1) is 12.3 Å². The molecular formula is C17H19NO3. The van der Waals surface area contributed by atoms with Gasteiger partial charge in [-0.2, -0.15) is 0 Å². The molecule has 0 aliphatic carbocycles.